The lowest BCUT2D eigenvalue weighted by Gasteiger charge is -2.12. The van der Waals surface area contributed by atoms with Crippen LogP contribution < -0.4 is 0 Å². The molecule has 3 heterocycles. The van der Waals surface area contributed by atoms with Gasteiger partial charge in [0.15, 0.2) is 11.6 Å². The quantitative estimate of drug-likeness (QED) is 0.172. The van der Waals surface area contributed by atoms with Gasteiger partial charge in [0.05, 0.1) is 22.1 Å². The third-order valence-corrected chi connectivity index (χ3v) is 10.3. The van der Waals surface area contributed by atoms with Gasteiger partial charge in [-0.3, -0.25) is 4.57 Å². The van der Waals surface area contributed by atoms with Gasteiger partial charge >= 0.3 is 0 Å². The lowest BCUT2D eigenvalue weighted by molar-refractivity contribution is 0.953. The summed E-state index contributed by atoms with van der Waals surface area (Å²) in [5.41, 5.74) is 9.97. The molecule has 8 aromatic carbocycles. The van der Waals surface area contributed by atoms with Crippen molar-refractivity contribution in [3.05, 3.63) is 176 Å². The topological polar surface area (TPSA) is 48.5 Å². The monoisotopic (exact) mass is 663 g/mol. The Hall–Kier alpha value is -7.11. The summed E-state index contributed by atoms with van der Waals surface area (Å²) in [6.45, 7) is 0. The van der Waals surface area contributed by atoms with Gasteiger partial charge in [-0.1, -0.05) is 133 Å². The summed E-state index contributed by atoms with van der Waals surface area (Å²) < 4.78 is 4.58. The van der Waals surface area contributed by atoms with Crippen molar-refractivity contribution in [3.63, 3.8) is 0 Å². The lowest BCUT2D eigenvalue weighted by atomic mass is 9.94. The minimum Gasteiger partial charge on any atom is -0.309 e. The van der Waals surface area contributed by atoms with Crippen LogP contribution in [-0.2, 0) is 0 Å². The highest BCUT2D eigenvalue weighted by atomic mass is 15.2. The third kappa shape index (κ3) is 4.26. The Bertz CT molecular complexity index is 3050. The average molecular weight is 664 g/mol. The molecule has 0 saturated heterocycles. The minimum absolute atomic E-state index is 0.590. The maximum atomic E-state index is 5.11. The van der Waals surface area contributed by atoms with Gasteiger partial charge in [0.25, 0.3) is 0 Å². The highest BCUT2D eigenvalue weighted by Gasteiger charge is 2.21. The molecule has 0 aliphatic rings. The molecular weight excluding hydrogens is 635 g/mol. The smallest absolute Gasteiger partial charge is 0.238 e. The SMILES string of the molecule is c1ccc(-c2nc(-c3ccccc3)nc(-n3c4ccccc4c4cc(-c5ccc6c7c5ccc5cccc(c57)n6-c5ccccc5)ccc43)n2)cc1. The van der Waals surface area contributed by atoms with Crippen LogP contribution in [0.4, 0.5) is 0 Å². The van der Waals surface area contributed by atoms with Crippen LogP contribution in [0.25, 0.3) is 99.9 Å². The Morgan fingerprint density at radius 3 is 1.71 bits per heavy atom. The largest absolute Gasteiger partial charge is 0.309 e. The predicted molar refractivity (Wildman–Crippen MR) is 214 cm³/mol. The third-order valence-electron chi connectivity index (χ3n) is 10.3. The standard InChI is InChI=1S/C47H29N5/c1-4-13-31(14-5-1)45-48-46(32-15-6-2-7-16-32)50-47(49-45)52-39-21-11-10-20-36(39)38-29-33(24-27-40(38)52)35-26-28-42-44-37(35)25-23-30-17-12-22-41(43(30)44)51(42)34-18-8-3-9-19-34/h1-29H. The molecule has 0 unspecified atom stereocenters. The first-order chi connectivity index (χ1) is 25.8. The second-order valence-corrected chi connectivity index (χ2v) is 13.3. The molecule has 3 aromatic heterocycles. The number of rotatable bonds is 5. The average Bonchev–Trinajstić information content (AvgIpc) is 3.74. The van der Waals surface area contributed by atoms with E-state index < -0.39 is 0 Å². The van der Waals surface area contributed by atoms with E-state index in [2.05, 4.69) is 124 Å². The second kappa shape index (κ2) is 11.2. The summed E-state index contributed by atoms with van der Waals surface area (Å²) in [6.07, 6.45) is 0. The van der Waals surface area contributed by atoms with Crippen molar-refractivity contribution in [2.75, 3.05) is 0 Å². The fourth-order valence-corrected chi connectivity index (χ4v) is 8.05. The van der Waals surface area contributed by atoms with E-state index in [9.17, 15) is 0 Å². The molecule has 11 rings (SSSR count). The Labute approximate surface area is 299 Å². The molecule has 242 valence electrons. The zero-order valence-electron chi connectivity index (χ0n) is 28.0. The van der Waals surface area contributed by atoms with E-state index >= 15 is 0 Å². The van der Waals surface area contributed by atoms with E-state index in [1.54, 1.807) is 0 Å². The molecule has 5 heteroatoms. The molecule has 52 heavy (non-hydrogen) atoms. The van der Waals surface area contributed by atoms with Gasteiger partial charge in [-0.2, -0.15) is 9.97 Å². The number of para-hydroxylation sites is 2. The van der Waals surface area contributed by atoms with Crippen molar-refractivity contribution in [2.24, 2.45) is 0 Å². The molecule has 0 saturated carbocycles. The maximum absolute atomic E-state index is 5.11. The van der Waals surface area contributed by atoms with Crippen LogP contribution in [0.3, 0.4) is 0 Å². The van der Waals surface area contributed by atoms with Crippen molar-refractivity contribution in [3.8, 4) is 45.5 Å². The Kier molecular flexibility index (Phi) is 6.18. The molecular formula is C47H29N5. The Morgan fingerprint density at radius 2 is 0.962 bits per heavy atom. The number of benzene rings is 8. The van der Waals surface area contributed by atoms with Crippen LogP contribution in [0.2, 0.25) is 0 Å². The summed E-state index contributed by atoms with van der Waals surface area (Å²) in [7, 11) is 0. The molecule has 0 amide bonds. The van der Waals surface area contributed by atoms with E-state index in [4.69, 9.17) is 15.0 Å². The van der Waals surface area contributed by atoms with Crippen molar-refractivity contribution in [2.45, 2.75) is 0 Å². The van der Waals surface area contributed by atoms with Crippen LogP contribution in [0.5, 0.6) is 0 Å². The first-order valence-electron chi connectivity index (χ1n) is 17.5. The number of aromatic nitrogens is 5. The van der Waals surface area contributed by atoms with Crippen molar-refractivity contribution in [1.82, 2.24) is 24.1 Å². The van der Waals surface area contributed by atoms with E-state index in [0.29, 0.717) is 17.6 Å². The van der Waals surface area contributed by atoms with Crippen LogP contribution in [-0.4, -0.2) is 24.1 Å². The molecule has 0 aliphatic carbocycles. The van der Waals surface area contributed by atoms with E-state index in [0.717, 1.165) is 32.9 Å². The molecule has 0 bridgehead atoms. The molecule has 0 fully saturated rings. The number of fused-ring (bicyclic) bond motifs is 3. The van der Waals surface area contributed by atoms with E-state index in [1.807, 2.05) is 60.7 Å². The van der Waals surface area contributed by atoms with Crippen molar-refractivity contribution < 1.29 is 0 Å². The van der Waals surface area contributed by atoms with Gasteiger partial charge in [-0.15, -0.1) is 0 Å². The molecule has 0 atom stereocenters. The molecule has 0 radical (unpaired) electrons. The van der Waals surface area contributed by atoms with Gasteiger partial charge < -0.3 is 4.57 Å². The zero-order chi connectivity index (χ0) is 34.2. The first kappa shape index (κ1) is 28.7. The predicted octanol–water partition coefficient (Wildman–Crippen LogP) is 11.7. The van der Waals surface area contributed by atoms with Gasteiger partial charge in [0, 0.05) is 38.4 Å². The first-order valence-corrected chi connectivity index (χ1v) is 17.5. The zero-order valence-corrected chi connectivity index (χ0v) is 28.0. The fourth-order valence-electron chi connectivity index (χ4n) is 8.05. The summed E-state index contributed by atoms with van der Waals surface area (Å²) in [5.74, 6) is 1.87. The van der Waals surface area contributed by atoms with Crippen molar-refractivity contribution >= 4 is 54.4 Å². The molecule has 5 nitrogen and oxygen atoms in total. The van der Waals surface area contributed by atoms with Gasteiger partial charge in [0.1, 0.15) is 0 Å². The van der Waals surface area contributed by atoms with E-state index in [1.165, 1.54) is 49.4 Å². The van der Waals surface area contributed by atoms with Crippen LogP contribution >= 0.6 is 0 Å². The van der Waals surface area contributed by atoms with Crippen LogP contribution in [0, 0.1) is 0 Å². The molecule has 11 aromatic rings. The highest BCUT2D eigenvalue weighted by Crippen LogP contribution is 2.43. The summed E-state index contributed by atoms with van der Waals surface area (Å²) in [4.78, 5) is 15.2. The lowest BCUT2D eigenvalue weighted by Crippen LogP contribution is -2.06. The van der Waals surface area contributed by atoms with Crippen LogP contribution in [0.1, 0.15) is 0 Å². The fraction of sp³-hybridized carbons (Fsp3) is 0. The van der Waals surface area contributed by atoms with Crippen molar-refractivity contribution in [1.29, 1.82) is 0 Å². The van der Waals surface area contributed by atoms with Crippen LogP contribution in [0.15, 0.2) is 176 Å². The summed E-state index contributed by atoms with van der Waals surface area (Å²) in [5, 5.41) is 7.39. The summed E-state index contributed by atoms with van der Waals surface area (Å²) in [6, 6.07) is 62.0. The van der Waals surface area contributed by atoms with Gasteiger partial charge in [-0.25, -0.2) is 4.98 Å². The van der Waals surface area contributed by atoms with Gasteiger partial charge in [0.2, 0.25) is 5.95 Å². The summed E-state index contributed by atoms with van der Waals surface area (Å²) >= 11 is 0. The van der Waals surface area contributed by atoms with E-state index in [-0.39, 0.29) is 0 Å². The number of hydrogen-bond donors (Lipinski definition) is 0. The number of hydrogen-bond acceptors (Lipinski definition) is 3. The Morgan fingerprint density at radius 1 is 0.346 bits per heavy atom. The molecule has 0 aliphatic heterocycles. The Balaban J connectivity index is 1.14. The minimum atomic E-state index is 0.590. The van der Waals surface area contributed by atoms with Gasteiger partial charge in [-0.05, 0) is 64.4 Å². The maximum Gasteiger partial charge on any atom is 0.238 e. The second-order valence-electron chi connectivity index (χ2n) is 13.3. The normalized spacial score (nSPS) is 11.8. The molecule has 0 N–H and O–H groups in total. The highest BCUT2D eigenvalue weighted by molar-refractivity contribution is 6.26. The number of nitrogens with zero attached hydrogens (tertiary/aromatic N) is 5. The molecule has 0 spiro atoms.